The van der Waals surface area contributed by atoms with E-state index in [1.165, 1.54) is 17.1 Å². The van der Waals surface area contributed by atoms with Crippen LogP contribution in [-0.4, -0.2) is 34.7 Å². The van der Waals surface area contributed by atoms with Gasteiger partial charge in [0.05, 0.1) is 18.1 Å². The summed E-state index contributed by atoms with van der Waals surface area (Å²) in [7, 11) is 0. The number of aliphatic hydroxyl groups excluding tert-OH is 1. The van der Waals surface area contributed by atoms with Gasteiger partial charge in [-0.2, -0.15) is 0 Å². The minimum Gasteiger partial charge on any atom is -0.393 e. The average molecular weight is 332 g/mol. The summed E-state index contributed by atoms with van der Waals surface area (Å²) in [6.45, 7) is 0.654. The molecular formula is C17H21FN4O2. The third kappa shape index (κ3) is 2.44. The molecule has 1 amide bonds. The molecule has 4 rings (SSSR count). The monoisotopic (exact) mass is 332 g/mol. The number of anilines is 1. The molecule has 6 nitrogen and oxygen atoms in total. The molecule has 0 bridgehead atoms. The fourth-order valence-electron chi connectivity index (χ4n) is 3.91. The van der Waals surface area contributed by atoms with E-state index in [0.717, 1.165) is 17.7 Å². The van der Waals surface area contributed by atoms with Crippen LogP contribution in [0.3, 0.4) is 0 Å². The molecule has 3 aliphatic rings. The summed E-state index contributed by atoms with van der Waals surface area (Å²) in [6, 6.07) is 4.48. The van der Waals surface area contributed by atoms with Crippen molar-refractivity contribution in [2.45, 2.75) is 43.7 Å². The Morgan fingerprint density at radius 2 is 2.17 bits per heavy atom. The minimum absolute atomic E-state index is 0.00560. The number of fused-ring (bicyclic) bond motifs is 2. The molecule has 1 unspecified atom stereocenters. The number of amides is 1. The van der Waals surface area contributed by atoms with Gasteiger partial charge in [0.2, 0.25) is 5.91 Å². The smallest absolute Gasteiger partial charge is 0.250 e. The number of hydrazine groups is 1. The molecule has 24 heavy (non-hydrogen) atoms. The van der Waals surface area contributed by atoms with Gasteiger partial charge in [-0.1, -0.05) is 0 Å². The molecule has 1 saturated carbocycles. The van der Waals surface area contributed by atoms with Gasteiger partial charge in [-0.25, -0.2) is 14.8 Å². The predicted octanol–water partition coefficient (Wildman–Crippen LogP) is 1.16. The van der Waals surface area contributed by atoms with Gasteiger partial charge in [0.25, 0.3) is 0 Å². The normalized spacial score (nSPS) is 29.1. The van der Waals surface area contributed by atoms with Crippen LogP contribution in [0.1, 0.15) is 37.2 Å². The lowest BCUT2D eigenvalue weighted by Gasteiger charge is -2.30. The van der Waals surface area contributed by atoms with Gasteiger partial charge >= 0.3 is 0 Å². The van der Waals surface area contributed by atoms with Crippen LogP contribution < -0.4 is 16.5 Å². The second-order valence-corrected chi connectivity index (χ2v) is 6.70. The highest BCUT2D eigenvalue weighted by molar-refractivity contribution is 5.87. The quantitative estimate of drug-likeness (QED) is 0.619. The number of halogens is 1. The van der Waals surface area contributed by atoms with Crippen LogP contribution in [-0.2, 0) is 4.79 Å². The van der Waals surface area contributed by atoms with E-state index >= 15 is 0 Å². The fourth-order valence-corrected chi connectivity index (χ4v) is 3.91. The summed E-state index contributed by atoms with van der Waals surface area (Å²) in [4.78, 5) is 13.0. The highest BCUT2D eigenvalue weighted by atomic mass is 19.1. The zero-order chi connectivity index (χ0) is 16.8. The molecule has 5 N–H and O–H groups in total. The number of rotatable bonds is 1. The van der Waals surface area contributed by atoms with E-state index in [9.17, 15) is 14.3 Å². The maximum atomic E-state index is 13.6. The summed E-state index contributed by atoms with van der Waals surface area (Å²) in [5.74, 6) is -0.570. The molecule has 128 valence electrons. The van der Waals surface area contributed by atoms with Gasteiger partial charge in [0.15, 0.2) is 0 Å². The molecule has 2 aliphatic heterocycles. The number of nitrogens with one attached hydrogen (secondary N) is 2. The van der Waals surface area contributed by atoms with E-state index in [2.05, 4.69) is 10.7 Å². The zero-order valence-electron chi connectivity index (χ0n) is 13.3. The number of nitrogens with zero attached hydrogens (tertiary/aromatic N) is 1. The van der Waals surface area contributed by atoms with E-state index in [4.69, 9.17) is 5.73 Å². The number of hydrogen-bond donors (Lipinski definition) is 4. The van der Waals surface area contributed by atoms with Crippen molar-refractivity contribution in [1.29, 1.82) is 0 Å². The Hall–Kier alpha value is -2.12. The standard InChI is InChI=1S/C17H21FN4O2/c18-9-1-3-14-12(7-9)11(5-6-20-14)17(24)22-16(19)13-8-10(23)2-4-15(13)21-22/h1,3,7,10-11,15,20-21,23H,2,4-6,8,19H2/t10-,11+,15?/m0/s1. The Kier molecular flexibility index (Phi) is 3.69. The summed E-state index contributed by atoms with van der Waals surface area (Å²) in [5, 5.41) is 14.4. The number of hydrogen-bond acceptors (Lipinski definition) is 5. The number of benzene rings is 1. The van der Waals surface area contributed by atoms with Crippen molar-refractivity contribution in [1.82, 2.24) is 10.4 Å². The maximum absolute atomic E-state index is 13.6. The summed E-state index contributed by atoms with van der Waals surface area (Å²) < 4.78 is 13.6. The highest BCUT2D eigenvalue weighted by Crippen LogP contribution is 2.36. The minimum atomic E-state index is -0.436. The fraction of sp³-hybridized carbons (Fsp3) is 0.471. The molecule has 7 heteroatoms. The van der Waals surface area contributed by atoms with E-state index in [1.54, 1.807) is 6.07 Å². The Morgan fingerprint density at radius 1 is 1.33 bits per heavy atom. The van der Waals surface area contributed by atoms with Crippen LogP contribution in [0.4, 0.5) is 10.1 Å². The lowest BCUT2D eigenvalue weighted by Crippen LogP contribution is -2.46. The SMILES string of the molecule is NC1=C2C[C@@H](O)CCC2NN1C(=O)[C@@H]1CCNc2ccc(F)cc21. The Bertz CT molecular complexity index is 721. The molecule has 0 spiro atoms. The van der Waals surface area contributed by atoms with Crippen LogP contribution in [0.5, 0.6) is 0 Å². The first-order valence-corrected chi connectivity index (χ1v) is 8.34. The summed E-state index contributed by atoms with van der Waals surface area (Å²) in [6.07, 6.45) is 2.12. The van der Waals surface area contributed by atoms with Crippen molar-refractivity contribution >= 4 is 11.6 Å². The molecular weight excluding hydrogens is 311 g/mol. The Balaban J connectivity index is 1.63. The lowest BCUT2D eigenvalue weighted by molar-refractivity contribution is -0.133. The van der Waals surface area contributed by atoms with Crippen molar-refractivity contribution in [3.05, 3.63) is 41.0 Å². The van der Waals surface area contributed by atoms with Gasteiger partial charge in [-0.3, -0.25) is 4.79 Å². The van der Waals surface area contributed by atoms with Crippen LogP contribution >= 0.6 is 0 Å². The second-order valence-electron chi connectivity index (χ2n) is 6.70. The summed E-state index contributed by atoms with van der Waals surface area (Å²) >= 11 is 0. The van der Waals surface area contributed by atoms with Crippen LogP contribution in [0, 0.1) is 5.82 Å². The molecule has 3 atom stereocenters. The van der Waals surface area contributed by atoms with Crippen molar-refractivity contribution in [2.75, 3.05) is 11.9 Å². The summed E-state index contributed by atoms with van der Waals surface area (Å²) in [5.41, 5.74) is 11.7. The molecule has 1 fully saturated rings. The van der Waals surface area contributed by atoms with E-state index < -0.39 is 12.0 Å². The number of carbonyl (C=O) groups is 1. The van der Waals surface area contributed by atoms with Gasteiger partial charge in [-0.05, 0) is 55.0 Å². The largest absolute Gasteiger partial charge is 0.393 e. The average Bonchev–Trinajstić information content (AvgIpc) is 2.90. The number of carbonyl (C=O) groups excluding carboxylic acids is 1. The first-order valence-electron chi connectivity index (χ1n) is 8.34. The zero-order valence-corrected chi connectivity index (χ0v) is 13.3. The van der Waals surface area contributed by atoms with Crippen molar-refractivity contribution < 1.29 is 14.3 Å². The van der Waals surface area contributed by atoms with E-state index in [1.807, 2.05) is 0 Å². The first-order chi connectivity index (χ1) is 11.5. The first kappa shape index (κ1) is 15.4. The van der Waals surface area contributed by atoms with Crippen LogP contribution in [0.2, 0.25) is 0 Å². The van der Waals surface area contributed by atoms with Crippen LogP contribution in [0.15, 0.2) is 29.6 Å². The van der Waals surface area contributed by atoms with Gasteiger partial charge in [0, 0.05) is 12.2 Å². The van der Waals surface area contributed by atoms with Gasteiger partial charge in [-0.15, -0.1) is 0 Å². The number of aliphatic hydroxyl groups is 1. The molecule has 1 aromatic rings. The van der Waals surface area contributed by atoms with E-state index in [0.29, 0.717) is 37.2 Å². The highest BCUT2D eigenvalue weighted by Gasteiger charge is 2.40. The predicted molar refractivity (Wildman–Crippen MR) is 87.1 cm³/mol. The van der Waals surface area contributed by atoms with E-state index in [-0.39, 0.29) is 17.8 Å². The third-order valence-electron chi connectivity index (χ3n) is 5.18. The maximum Gasteiger partial charge on any atom is 0.250 e. The molecule has 1 aromatic carbocycles. The second kappa shape index (κ2) is 5.75. The molecule has 0 aromatic heterocycles. The third-order valence-corrected chi connectivity index (χ3v) is 5.18. The van der Waals surface area contributed by atoms with Crippen molar-refractivity contribution in [3.63, 3.8) is 0 Å². The molecule has 1 aliphatic carbocycles. The van der Waals surface area contributed by atoms with Crippen molar-refractivity contribution in [3.8, 4) is 0 Å². The molecule has 0 radical (unpaired) electrons. The Morgan fingerprint density at radius 3 is 3.00 bits per heavy atom. The van der Waals surface area contributed by atoms with Gasteiger partial charge < -0.3 is 16.2 Å². The lowest BCUT2D eigenvalue weighted by atomic mass is 9.89. The van der Waals surface area contributed by atoms with Crippen molar-refractivity contribution in [2.24, 2.45) is 5.73 Å². The molecule has 2 heterocycles. The van der Waals surface area contributed by atoms with Gasteiger partial charge in [0.1, 0.15) is 11.6 Å². The molecule has 0 saturated heterocycles. The Labute approximate surface area is 139 Å². The van der Waals surface area contributed by atoms with Crippen LogP contribution in [0.25, 0.3) is 0 Å². The number of nitrogens with two attached hydrogens (primary N) is 1. The topological polar surface area (TPSA) is 90.6 Å².